The molecule has 0 aromatic heterocycles. The summed E-state index contributed by atoms with van der Waals surface area (Å²) in [6.07, 6.45) is -0.651. The highest BCUT2D eigenvalue weighted by Crippen LogP contribution is 2.22. The average Bonchev–Trinajstić information content (AvgIpc) is 2.38. The van der Waals surface area contributed by atoms with Crippen LogP contribution >= 0.6 is 0 Å². The number of ether oxygens (including phenoxy) is 1. The zero-order chi connectivity index (χ0) is 15.2. The Morgan fingerprint density at radius 1 is 1.45 bits per heavy atom. The minimum atomic E-state index is -3.99. The second-order valence-corrected chi connectivity index (χ2v) is 5.76. The van der Waals surface area contributed by atoms with Crippen LogP contribution < -0.4 is 4.72 Å². The van der Waals surface area contributed by atoms with Gasteiger partial charge in [-0.3, -0.25) is 10.1 Å². The van der Waals surface area contributed by atoms with E-state index in [1.54, 1.807) is 0 Å². The Labute approximate surface area is 116 Å². The Kier molecular flexibility index (Phi) is 6.02. The molecular formula is C11H16N2O6S. The summed E-state index contributed by atoms with van der Waals surface area (Å²) in [5, 5.41) is 20.2. The first-order valence-corrected chi connectivity index (χ1v) is 7.27. The zero-order valence-electron chi connectivity index (χ0n) is 10.9. The highest BCUT2D eigenvalue weighted by molar-refractivity contribution is 7.89. The lowest BCUT2D eigenvalue weighted by Gasteiger charge is -2.10. The molecule has 1 unspecified atom stereocenters. The number of nitro benzene ring substituents is 1. The second-order valence-electron chi connectivity index (χ2n) is 4.02. The predicted octanol–water partition coefficient (Wildman–Crippen LogP) is 0.270. The van der Waals surface area contributed by atoms with Gasteiger partial charge in [-0.15, -0.1) is 0 Å². The number of para-hydroxylation sites is 1. The van der Waals surface area contributed by atoms with Gasteiger partial charge in [-0.05, 0) is 12.5 Å². The number of sulfonamides is 1. The maximum absolute atomic E-state index is 12.0. The van der Waals surface area contributed by atoms with E-state index in [9.17, 15) is 23.6 Å². The quantitative estimate of drug-likeness (QED) is 0.525. The molecule has 0 saturated heterocycles. The Balaban J connectivity index is 2.77. The van der Waals surface area contributed by atoms with Crippen molar-refractivity contribution in [1.82, 2.24) is 4.72 Å². The van der Waals surface area contributed by atoms with Crippen LogP contribution in [0.4, 0.5) is 5.69 Å². The number of nitro groups is 1. The van der Waals surface area contributed by atoms with Crippen molar-refractivity contribution in [3.63, 3.8) is 0 Å². The third kappa shape index (κ3) is 4.53. The van der Waals surface area contributed by atoms with Gasteiger partial charge in [-0.25, -0.2) is 13.1 Å². The summed E-state index contributed by atoms with van der Waals surface area (Å²) >= 11 is 0. The smallest absolute Gasteiger partial charge is 0.289 e. The molecule has 1 aromatic carbocycles. The summed E-state index contributed by atoms with van der Waals surface area (Å²) in [5.74, 6) is 0. The van der Waals surface area contributed by atoms with E-state index in [1.807, 2.05) is 0 Å². The number of benzene rings is 1. The van der Waals surface area contributed by atoms with E-state index in [4.69, 9.17) is 4.74 Å². The van der Waals surface area contributed by atoms with Crippen molar-refractivity contribution in [1.29, 1.82) is 0 Å². The van der Waals surface area contributed by atoms with Crippen molar-refractivity contribution in [3.8, 4) is 0 Å². The molecule has 0 amide bonds. The largest absolute Gasteiger partial charge is 0.391 e. The standard InChI is InChI=1S/C11H16N2O6S/c1-19-8-9(14)6-7-12-20(17,18)11-5-3-2-4-10(11)13(15)16/h2-5,9,12,14H,6-8H2,1H3. The lowest BCUT2D eigenvalue weighted by Crippen LogP contribution is -2.29. The van der Waals surface area contributed by atoms with Gasteiger partial charge in [-0.2, -0.15) is 0 Å². The molecule has 1 atom stereocenters. The lowest BCUT2D eigenvalue weighted by molar-refractivity contribution is -0.387. The first-order valence-electron chi connectivity index (χ1n) is 5.78. The molecule has 8 nitrogen and oxygen atoms in total. The van der Waals surface area contributed by atoms with E-state index in [0.717, 1.165) is 12.1 Å². The molecule has 0 aliphatic carbocycles. The topological polar surface area (TPSA) is 119 Å². The molecule has 0 bridgehead atoms. The molecule has 112 valence electrons. The number of nitrogens with one attached hydrogen (secondary N) is 1. The fourth-order valence-corrected chi connectivity index (χ4v) is 2.77. The molecule has 0 aliphatic rings. The summed E-state index contributed by atoms with van der Waals surface area (Å²) in [6.45, 7) is 0.0477. The van der Waals surface area contributed by atoms with Gasteiger partial charge in [0.2, 0.25) is 10.0 Å². The summed E-state index contributed by atoms with van der Waals surface area (Å²) in [7, 11) is -2.57. The first kappa shape index (κ1) is 16.5. The van der Waals surface area contributed by atoms with Crippen LogP contribution in [0.1, 0.15) is 6.42 Å². The fourth-order valence-electron chi connectivity index (χ4n) is 1.55. The van der Waals surface area contributed by atoms with Crippen molar-refractivity contribution in [2.24, 2.45) is 0 Å². The van der Waals surface area contributed by atoms with Crippen molar-refractivity contribution < 1.29 is 23.2 Å². The van der Waals surface area contributed by atoms with Gasteiger partial charge < -0.3 is 9.84 Å². The number of rotatable bonds is 8. The molecule has 2 N–H and O–H groups in total. The van der Waals surface area contributed by atoms with Crippen LogP contribution in [0.15, 0.2) is 29.2 Å². The third-order valence-corrected chi connectivity index (χ3v) is 3.99. The van der Waals surface area contributed by atoms with Gasteiger partial charge in [0.05, 0.1) is 17.6 Å². The van der Waals surface area contributed by atoms with E-state index in [-0.39, 0.29) is 19.6 Å². The number of aliphatic hydroxyl groups excluding tert-OH is 1. The Hall–Kier alpha value is -1.55. The van der Waals surface area contributed by atoms with Crippen molar-refractivity contribution in [2.75, 3.05) is 20.3 Å². The zero-order valence-corrected chi connectivity index (χ0v) is 11.7. The Bertz CT molecular complexity index is 560. The number of nitrogens with zero attached hydrogens (tertiary/aromatic N) is 1. The SMILES string of the molecule is COCC(O)CCNS(=O)(=O)c1ccccc1[N+](=O)[O-]. The van der Waals surface area contributed by atoms with Crippen molar-refractivity contribution in [2.45, 2.75) is 17.4 Å². The molecule has 20 heavy (non-hydrogen) atoms. The predicted molar refractivity (Wildman–Crippen MR) is 70.8 cm³/mol. The van der Waals surface area contributed by atoms with Crippen LogP contribution in [0, 0.1) is 10.1 Å². The summed E-state index contributed by atoms with van der Waals surface area (Å²) in [6, 6.07) is 5.07. The molecule has 0 radical (unpaired) electrons. The van der Waals surface area contributed by atoms with Crippen molar-refractivity contribution >= 4 is 15.7 Å². The van der Waals surface area contributed by atoms with Gasteiger partial charge in [0.1, 0.15) is 0 Å². The van der Waals surface area contributed by atoms with E-state index in [2.05, 4.69) is 4.72 Å². The molecule has 0 spiro atoms. The number of aliphatic hydroxyl groups is 1. The highest BCUT2D eigenvalue weighted by Gasteiger charge is 2.24. The Morgan fingerprint density at radius 2 is 2.10 bits per heavy atom. The normalized spacial score (nSPS) is 13.1. The summed E-state index contributed by atoms with van der Waals surface area (Å²) < 4.78 is 30.9. The maximum Gasteiger partial charge on any atom is 0.289 e. The minimum absolute atomic E-state index is 0.0427. The maximum atomic E-state index is 12.0. The molecule has 0 aliphatic heterocycles. The van der Waals surface area contributed by atoms with Gasteiger partial charge in [0.15, 0.2) is 4.90 Å². The third-order valence-electron chi connectivity index (χ3n) is 2.48. The van der Waals surface area contributed by atoms with E-state index < -0.39 is 31.6 Å². The Morgan fingerprint density at radius 3 is 2.70 bits per heavy atom. The van der Waals surface area contributed by atoms with Crippen LogP contribution in [-0.4, -0.2) is 44.8 Å². The highest BCUT2D eigenvalue weighted by atomic mass is 32.2. The molecule has 0 heterocycles. The van der Waals surface area contributed by atoms with E-state index in [0.29, 0.717) is 0 Å². The van der Waals surface area contributed by atoms with Crippen LogP contribution in [0.2, 0.25) is 0 Å². The molecule has 0 fully saturated rings. The summed E-state index contributed by atoms with van der Waals surface area (Å²) in [4.78, 5) is 9.64. The lowest BCUT2D eigenvalue weighted by atomic mass is 10.3. The van der Waals surface area contributed by atoms with Crippen LogP contribution in [-0.2, 0) is 14.8 Å². The van der Waals surface area contributed by atoms with Crippen LogP contribution in [0.3, 0.4) is 0 Å². The van der Waals surface area contributed by atoms with Gasteiger partial charge in [-0.1, -0.05) is 12.1 Å². The van der Waals surface area contributed by atoms with Gasteiger partial charge in [0.25, 0.3) is 5.69 Å². The molecular weight excluding hydrogens is 288 g/mol. The first-order chi connectivity index (χ1) is 9.38. The molecule has 1 rings (SSSR count). The number of hydrogen-bond acceptors (Lipinski definition) is 6. The summed E-state index contributed by atoms with van der Waals surface area (Å²) in [5.41, 5.74) is -0.488. The van der Waals surface area contributed by atoms with Gasteiger partial charge in [0, 0.05) is 19.7 Å². The van der Waals surface area contributed by atoms with Crippen molar-refractivity contribution in [3.05, 3.63) is 34.4 Å². The number of hydrogen-bond donors (Lipinski definition) is 2. The average molecular weight is 304 g/mol. The van der Waals surface area contributed by atoms with E-state index >= 15 is 0 Å². The second kappa shape index (κ2) is 7.29. The minimum Gasteiger partial charge on any atom is -0.391 e. The monoisotopic (exact) mass is 304 g/mol. The van der Waals surface area contributed by atoms with E-state index in [1.165, 1.54) is 19.2 Å². The van der Waals surface area contributed by atoms with Gasteiger partial charge >= 0.3 is 0 Å². The molecule has 9 heteroatoms. The molecule has 0 saturated carbocycles. The van der Waals surface area contributed by atoms with Crippen LogP contribution in [0.5, 0.6) is 0 Å². The number of methoxy groups -OCH3 is 1. The van der Waals surface area contributed by atoms with Crippen LogP contribution in [0.25, 0.3) is 0 Å². The fraction of sp³-hybridized carbons (Fsp3) is 0.455. The molecule has 1 aromatic rings.